The third-order valence-electron chi connectivity index (χ3n) is 1.97. The lowest BCUT2D eigenvalue weighted by molar-refractivity contribution is 0.00767. The molecule has 5 heteroatoms. The quantitative estimate of drug-likeness (QED) is 0.732. The normalized spacial score (nSPS) is 11.5. The van der Waals surface area contributed by atoms with E-state index in [0.717, 1.165) is 13.0 Å². The molecule has 0 spiro atoms. The lowest BCUT2D eigenvalue weighted by Gasteiger charge is -2.13. The summed E-state index contributed by atoms with van der Waals surface area (Å²) in [6, 6.07) is 3.37. The van der Waals surface area contributed by atoms with Gasteiger partial charge in [0.15, 0.2) is 0 Å². The molecule has 0 aliphatic rings. The van der Waals surface area contributed by atoms with Crippen molar-refractivity contribution in [2.24, 2.45) is 0 Å². The van der Waals surface area contributed by atoms with Crippen molar-refractivity contribution in [1.29, 1.82) is 0 Å². The summed E-state index contributed by atoms with van der Waals surface area (Å²) in [6.07, 6.45) is -0.684. The van der Waals surface area contributed by atoms with E-state index in [9.17, 15) is 18.0 Å². The van der Waals surface area contributed by atoms with E-state index in [1.807, 2.05) is 0 Å². The van der Waals surface area contributed by atoms with Gasteiger partial charge in [-0.05, 0) is 12.1 Å². The third-order valence-corrected chi connectivity index (χ3v) is 2.28. The second kappa shape index (κ2) is 4.23. The van der Waals surface area contributed by atoms with Crippen LogP contribution in [0.15, 0.2) is 18.2 Å². The van der Waals surface area contributed by atoms with Crippen molar-refractivity contribution in [1.82, 2.24) is 0 Å². The van der Waals surface area contributed by atoms with Crippen LogP contribution in [-0.2, 0) is 0 Å². The minimum Gasteiger partial charge on any atom is -0.287 e. The van der Waals surface area contributed by atoms with E-state index in [0.29, 0.717) is 0 Å². The first-order valence-corrected chi connectivity index (χ1v) is 4.64. The number of carbonyl (C=O) groups is 1. The van der Waals surface area contributed by atoms with Gasteiger partial charge in [0.2, 0.25) is 5.78 Å². The Morgan fingerprint density at radius 3 is 2.53 bits per heavy atom. The maximum Gasteiger partial charge on any atom is 0.309 e. The van der Waals surface area contributed by atoms with Crippen molar-refractivity contribution in [3.8, 4) is 0 Å². The molecule has 0 saturated heterocycles. The minimum absolute atomic E-state index is 0.298. The molecule has 1 aromatic rings. The zero-order valence-corrected chi connectivity index (χ0v) is 8.62. The Morgan fingerprint density at radius 2 is 2.07 bits per heavy atom. The second-order valence-electron chi connectivity index (χ2n) is 2.98. The Kier molecular flexibility index (Phi) is 3.39. The fraction of sp³-hybridized carbons (Fsp3) is 0.300. The molecule has 0 aliphatic carbocycles. The Hall–Kier alpha value is -1.03. The predicted molar refractivity (Wildman–Crippen MR) is 51.0 cm³/mol. The van der Waals surface area contributed by atoms with Crippen LogP contribution in [0.5, 0.6) is 0 Å². The largest absolute Gasteiger partial charge is 0.309 e. The molecule has 1 rings (SSSR count). The topological polar surface area (TPSA) is 17.1 Å². The van der Waals surface area contributed by atoms with Crippen LogP contribution < -0.4 is 0 Å². The van der Waals surface area contributed by atoms with Crippen LogP contribution in [0.3, 0.4) is 0 Å². The lowest BCUT2D eigenvalue weighted by atomic mass is 10.0. The van der Waals surface area contributed by atoms with Gasteiger partial charge in [0.05, 0.1) is 10.6 Å². The number of benzene rings is 1. The monoisotopic (exact) mass is 236 g/mol. The van der Waals surface area contributed by atoms with Crippen LogP contribution in [0, 0.1) is 5.82 Å². The molecule has 0 atom stereocenters. The molecule has 0 fully saturated rings. The first kappa shape index (κ1) is 12.0. The van der Waals surface area contributed by atoms with Gasteiger partial charge in [-0.15, -0.1) is 0 Å². The molecule has 0 unspecified atom stereocenters. The zero-order chi connectivity index (χ0) is 11.6. The van der Waals surface area contributed by atoms with Crippen molar-refractivity contribution >= 4 is 17.4 Å². The molecule has 0 heterocycles. The number of carbonyl (C=O) groups excluding carboxylic acids is 1. The highest BCUT2D eigenvalue weighted by molar-refractivity contribution is 6.34. The van der Waals surface area contributed by atoms with Gasteiger partial charge < -0.3 is 0 Å². The third kappa shape index (κ3) is 2.31. The molecule has 1 aromatic carbocycles. The van der Waals surface area contributed by atoms with Crippen LogP contribution in [-0.4, -0.2) is 11.7 Å². The number of Topliss-reactive ketones (excluding diaryl/α,β-unsaturated/α-hetero) is 1. The van der Waals surface area contributed by atoms with Crippen molar-refractivity contribution in [2.45, 2.75) is 19.3 Å². The molecule has 0 aromatic heterocycles. The Labute approximate surface area is 89.9 Å². The van der Waals surface area contributed by atoms with Gasteiger partial charge in [-0.25, -0.2) is 4.39 Å². The van der Waals surface area contributed by atoms with Crippen LogP contribution in [0.4, 0.5) is 13.2 Å². The summed E-state index contributed by atoms with van der Waals surface area (Å²) in [7, 11) is 0. The SMILES string of the molecule is CCC(F)(F)C(=O)c1c(F)cccc1Cl. The van der Waals surface area contributed by atoms with Gasteiger partial charge in [0.1, 0.15) is 5.82 Å². The van der Waals surface area contributed by atoms with Gasteiger partial charge in [0.25, 0.3) is 0 Å². The van der Waals surface area contributed by atoms with E-state index in [-0.39, 0.29) is 5.02 Å². The number of halogens is 4. The average molecular weight is 237 g/mol. The highest BCUT2D eigenvalue weighted by Crippen LogP contribution is 2.29. The van der Waals surface area contributed by atoms with Gasteiger partial charge >= 0.3 is 5.92 Å². The molecule has 0 amide bonds. The van der Waals surface area contributed by atoms with Crippen molar-refractivity contribution < 1.29 is 18.0 Å². The molecule has 0 radical (unpaired) electrons. The Balaban J connectivity index is 3.23. The maximum absolute atomic E-state index is 13.1. The van der Waals surface area contributed by atoms with E-state index >= 15 is 0 Å². The van der Waals surface area contributed by atoms with Crippen LogP contribution in [0.2, 0.25) is 5.02 Å². The van der Waals surface area contributed by atoms with Gasteiger partial charge in [-0.3, -0.25) is 4.79 Å². The summed E-state index contributed by atoms with van der Waals surface area (Å²) in [5.41, 5.74) is -0.744. The molecule has 0 N–H and O–H groups in total. The van der Waals surface area contributed by atoms with Crippen LogP contribution in [0.25, 0.3) is 0 Å². The molecular weight excluding hydrogens is 229 g/mol. The number of hydrogen-bond acceptors (Lipinski definition) is 1. The molecule has 15 heavy (non-hydrogen) atoms. The molecule has 1 nitrogen and oxygen atoms in total. The second-order valence-corrected chi connectivity index (χ2v) is 3.39. The standard InChI is InChI=1S/C10H8ClF3O/c1-2-10(13,14)9(15)8-6(11)4-3-5-7(8)12/h3-5H,2H2,1H3. The van der Waals surface area contributed by atoms with Gasteiger partial charge in [-0.1, -0.05) is 24.6 Å². The number of ketones is 1. The van der Waals surface area contributed by atoms with E-state index in [1.165, 1.54) is 12.1 Å². The maximum atomic E-state index is 13.1. The first-order chi connectivity index (χ1) is 6.90. The highest BCUT2D eigenvalue weighted by atomic mass is 35.5. The Bertz CT molecular complexity index is 370. The summed E-state index contributed by atoms with van der Waals surface area (Å²) in [4.78, 5) is 11.3. The van der Waals surface area contributed by atoms with Crippen molar-refractivity contribution in [3.05, 3.63) is 34.6 Å². The van der Waals surface area contributed by atoms with Gasteiger partial charge in [-0.2, -0.15) is 8.78 Å². The first-order valence-electron chi connectivity index (χ1n) is 4.26. The molecule has 0 saturated carbocycles. The predicted octanol–water partition coefficient (Wildman–Crippen LogP) is 3.71. The van der Waals surface area contributed by atoms with E-state index in [2.05, 4.69) is 0 Å². The molecular formula is C10H8ClF3O. The summed E-state index contributed by atoms with van der Waals surface area (Å²) in [5, 5.41) is -0.298. The van der Waals surface area contributed by atoms with Crippen molar-refractivity contribution in [3.63, 3.8) is 0 Å². The Morgan fingerprint density at radius 1 is 1.47 bits per heavy atom. The highest BCUT2D eigenvalue weighted by Gasteiger charge is 2.39. The number of rotatable bonds is 3. The molecule has 82 valence electrons. The van der Waals surface area contributed by atoms with Crippen LogP contribution >= 0.6 is 11.6 Å². The average Bonchev–Trinajstić information content (AvgIpc) is 2.17. The van der Waals surface area contributed by atoms with E-state index in [1.54, 1.807) is 0 Å². The lowest BCUT2D eigenvalue weighted by Crippen LogP contribution is -2.28. The summed E-state index contributed by atoms with van der Waals surface area (Å²) in [5.74, 6) is -6.18. The molecule has 0 aliphatic heterocycles. The fourth-order valence-corrected chi connectivity index (χ4v) is 1.31. The summed E-state index contributed by atoms with van der Waals surface area (Å²) >= 11 is 5.49. The van der Waals surface area contributed by atoms with Gasteiger partial charge in [0, 0.05) is 6.42 Å². The fourth-order valence-electron chi connectivity index (χ4n) is 1.06. The summed E-state index contributed by atoms with van der Waals surface area (Å²) < 4.78 is 39.2. The van der Waals surface area contributed by atoms with Crippen LogP contribution in [0.1, 0.15) is 23.7 Å². The van der Waals surface area contributed by atoms with E-state index in [4.69, 9.17) is 11.6 Å². The summed E-state index contributed by atoms with van der Waals surface area (Å²) in [6.45, 7) is 1.15. The number of alkyl halides is 2. The van der Waals surface area contributed by atoms with E-state index < -0.39 is 29.5 Å². The number of hydrogen-bond donors (Lipinski definition) is 0. The zero-order valence-electron chi connectivity index (χ0n) is 7.86. The minimum atomic E-state index is -3.58. The van der Waals surface area contributed by atoms with Crippen molar-refractivity contribution in [2.75, 3.05) is 0 Å². The molecule has 0 bridgehead atoms. The smallest absolute Gasteiger partial charge is 0.287 e.